The molecule has 0 aliphatic heterocycles. The van der Waals surface area contributed by atoms with Crippen LogP contribution in [0.1, 0.15) is 45.4 Å². The van der Waals surface area contributed by atoms with Crippen molar-refractivity contribution in [2.45, 2.75) is 51.0 Å². The Kier molecular flexibility index (Phi) is 4.99. The van der Waals surface area contributed by atoms with Crippen LogP contribution in [0, 0.1) is 0 Å². The molecule has 0 bridgehead atoms. The fourth-order valence-corrected chi connectivity index (χ4v) is 2.34. The molecule has 0 heterocycles. The first-order valence-corrected chi connectivity index (χ1v) is 6.37. The van der Waals surface area contributed by atoms with Crippen molar-refractivity contribution >= 4 is 23.2 Å². The van der Waals surface area contributed by atoms with Crippen molar-refractivity contribution < 1.29 is 4.79 Å². The van der Waals surface area contributed by atoms with Gasteiger partial charge in [-0.25, -0.2) is 4.79 Å². The molecule has 1 saturated carbocycles. The normalized spacial score (nSPS) is 18.8. The van der Waals surface area contributed by atoms with Gasteiger partial charge in [0.1, 0.15) is 0 Å². The minimum absolute atomic E-state index is 0.156. The van der Waals surface area contributed by atoms with Crippen LogP contribution in [-0.2, 0) is 0 Å². The monoisotopic (exact) mass is 243 g/mol. The Labute approximate surface area is 102 Å². The van der Waals surface area contributed by atoms with Gasteiger partial charge in [0.05, 0.1) is 10.5 Å². The number of amides is 2. The Morgan fingerprint density at radius 1 is 1.38 bits per heavy atom. The molecule has 0 unspecified atom stereocenters. The van der Waals surface area contributed by atoms with E-state index >= 15 is 0 Å². The Morgan fingerprint density at radius 3 is 2.50 bits per heavy atom. The summed E-state index contributed by atoms with van der Waals surface area (Å²) in [6, 6.07) is -0.156. The molecule has 0 radical (unpaired) electrons. The number of rotatable bonds is 4. The molecule has 0 spiro atoms. The van der Waals surface area contributed by atoms with Gasteiger partial charge < -0.3 is 16.4 Å². The Balaban J connectivity index is 2.56. The van der Waals surface area contributed by atoms with Crippen molar-refractivity contribution in [3.8, 4) is 0 Å². The quantitative estimate of drug-likeness (QED) is 0.658. The molecule has 16 heavy (non-hydrogen) atoms. The molecule has 92 valence electrons. The van der Waals surface area contributed by atoms with Crippen molar-refractivity contribution in [3.05, 3.63) is 0 Å². The summed E-state index contributed by atoms with van der Waals surface area (Å²) in [5.74, 6) is 0. The number of urea groups is 1. The van der Waals surface area contributed by atoms with Crippen molar-refractivity contribution in [3.63, 3.8) is 0 Å². The van der Waals surface area contributed by atoms with Crippen LogP contribution in [0.15, 0.2) is 0 Å². The summed E-state index contributed by atoms with van der Waals surface area (Å²) < 4.78 is 0. The molecule has 1 fully saturated rings. The highest BCUT2D eigenvalue weighted by Crippen LogP contribution is 2.28. The van der Waals surface area contributed by atoms with E-state index in [1.54, 1.807) is 0 Å². The highest BCUT2D eigenvalue weighted by molar-refractivity contribution is 7.80. The summed E-state index contributed by atoms with van der Waals surface area (Å²) in [6.45, 7) is 2.70. The highest BCUT2D eigenvalue weighted by Gasteiger charge is 2.36. The number of hydrogen-bond acceptors (Lipinski definition) is 2. The van der Waals surface area contributed by atoms with Gasteiger partial charge in [0.25, 0.3) is 0 Å². The van der Waals surface area contributed by atoms with Crippen LogP contribution < -0.4 is 16.4 Å². The van der Waals surface area contributed by atoms with Crippen LogP contribution in [-0.4, -0.2) is 23.1 Å². The molecule has 4 N–H and O–H groups in total. The Bertz CT molecular complexity index is 262. The van der Waals surface area contributed by atoms with Crippen LogP contribution in [0.3, 0.4) is 0 Å². The van der Waals surface area contributed by atoms with E-state index in [2.05, 4.69) is 10.6 Å². The van der Waals surface area contributed by atoms with Gasteiger partial charge in [-0.1, -0.05) is 38.4 Å². The summed E-state index contributed by atoms with van der Waals surface area (Å²) in [5, 5.41) is 5.74. The molecule has 0 aromatic rings. The van der Waals surface area contributed by atoms with E-state index in [9.17, 15) is 4.79 Å². The minimum atomic E-state index is -0.453. The lowest BCUT2D eigenvalue weighted by Gasteiger charge is -2.37. The summed E-state index contributed by atoms with van der Waals surface area (Å²) in [7, 11) is 0. The van der Waals surface area contributed by atoms with Crippen molar-refractivity contribution in [2.24, 2.45) is 5.73 Å². The second kappa shape index (κ2) is 6.03. The third-order valence-corrected chi connectivity index (χ3v) is 3.46. The largest absolute Gasteiger partial charge is 0.391 e. The summed E-state index contributed by atoms with van der Waals surface area (Å²) in [5.41, 5.74) is 5.32. The molecule has 2 amide bonds. The van der Waals surface area contributed by atoms with Crippen LogP contribution in [0.2, 0.25) is 0 Å². The van der Waals surface area contributed by atoms with E-state index in [1.165, 1.54) is 6.42 Å². The van der Waals surface area contributed by atoms with Crippen LogP contribution in [0.4, 0.5) is 4.79 Å². The molecule has 0 aromatic carbocycles. The fourth-order valence-electron chi connectivity index (χ4n) is 2.09. The van der Waals surface area contributed by atoms with Gasteiger partial charge in [0, 0.05) is 6.54 Å². The lowest BCUT2D eigenvalue weighted by molar-refractivity contribution is 0.225. The zero-order valence-electron chi connectivity index (χ0n) is 9.84. The standard InChI is InChI=1S/C11H21N3OS/c1-2-8-13-10(15)14-11(9(12)16)6-4-3-5-7-11/h2-8H2,1H3,(H2,12,16)(H2,13,14,15). The maximum Gasteiger partial charge on any atom is 0.315 e. The van der Waals surface area contributed by atoms with Gasteiger partial charge in [-0.15, -0.1) is 0 Å². The number of carbonyl (C=O) groups excluding carboxylic acids is 1. The molecular weight excluding hydrogens is 222 g/mol. The second-order valence-corrected chi connectivity index (χ2v) is 4.83. The molecular formula is C11H21N3OS. The van der Waals surface area contributed by atoms with E-state index in [0.717, 1.165) is 32.1 Å². The van der Waals surface area contributed by atoms with E-state index < -0.39 is 5.54 Å². The molecule has 0 atom stereocenters. The minimum Gasteiger partial charge on any atom is -0.391 e. The number of nitrogens with one attached hydrogen (secondary N) is 2. The predicted octanol–water partition coefficient (Wildman–Crippen LogP) is 1.68. The zero-order valence-corrected chi connectivity index (χ0v) is 10.7. The molecule has 1 rings (SSSR count). The molecule has 5 heteroatoms. The highest BCUT2D eigenvalue weighted by atomic mass is 32.1. The first kappa shape index (κ1) is 13.2. The van der Waals surface area contributed by atoms with Gasteiger partial charge >= 0.3 is 6.03 Å². The van der Waals surface area contributed by atoms with Crippen molar-refractivity contribution in [2.75, 3.05) is 6.54 Å². The second-order valence-electron chi connectivity index (χ2n) is 4.39. The molecule has 1 aliphatic carbocycles. The first-order chi connectivity index (χ1) is 7.60. The lowest BCUT2D eigenvalue weighted by Crippen LogP contribution is -2.59. The van der Waals surface area contributed by atoms with Gasteiger partial charge in [-0.3, -0.25) is 0 Å². The van der Waals surface area contributed by atoms with Gasteiger partial charge in [0.2, 0.25) is 0 Å². The van der Waals surface area contributed by atoms with E-state index in [4.69, 9.17) is 18.0 Å². The lowest BCUT2D eigenvalue weighted by atomic mass is 9.81. The Hall–Kier alpha value is -0.840. The maximum atomic E-state index is 11.6. The van der Waals surface area contributed by atoms with Crippen molar-refractivity contribution in [1.82, 2.24) is 10.6 Å². The van der Waals surface area contributed by atoms with Gasteiger partial charge in [-0.2, -0.15) is 0 Å². The predicted molar refractivity (Wildman–Crippen MR) is 69.4 cm³/mol. The third-order valence-electron chi connectivity index (χ3n) is 3.07. The van der Waals surface area contributed by atoms with Crippen LogP contribution >= 0.6 is 12.2 Å². The van der Waals surface area contributed by atoms with E-state index in [-0.39, 0.29) is 6.03 Å². The SMILES string of the molecule is CCCNC(=O)NC1(C(N)=S)CCCCC1. The summed E-state index contributed by atoms with van der Waals surface area (Å²) in [6.07, 6.45) is 6.00. The Morgan fingerprint density at radius 2 is 2.00 bits per heavy atom. The summed E-state index contributed by atoms with van der Waals surface area (Å²) >= 11 is 5.09. The van der Waals surface area contributed by atoms with E-state index in [0.29, 0.717) is 11.5 Å². The zero-order chi connectivity index (χ0) is 12.0. The maximum absolute atomic E-state index is 11.6. The number of carbonyl (C=O) groups is 1. The van der Waals surface area contributed by atoms with Crippen molar-refractivity contribution in [1.29, 1.82) is 0 Å². The van der Waals surface area contributed by atoms with Crippen LogP contribution in [0.5, 0.6) is 0 Å². The molecule has 4 nitrogen and oxygen atoms in total. The van der Waals surface area contributed by atoms with Gasteiger partial charge in [0.15, 0.2) is 0 Å². The number of hydrogen-bond donors (Lipinski definition) is 3. The van der Waals surface area contributed by atoms with Crippen LogP contribution in [0.25, 0.3) is 0 Å². The summed E-state index contributed by atoms with van der Waals surface area (Å²) in [4.78, 5) is 12.1. The van der Waals surface area contributed by atoms with Gasteiger partial charge in [-0.05, 0) is 19.3 Å². The smallest absolute Gasteiger partial charge is 0.315 e. The number of thiocarbonyl (C=S) groups is 1. The molecule has 0 aromatic heterocycles. The first-order valence-electron chi connectivity index (χ1n) is 5.96. The molecule has 1 aliphatic rings. The third kappa shape index (κ3) is 3.33. The topological polar surface area (TPSA) is 67.2 Å². The fraction of sp³-hybridized carbons (Fsp3) is 0.818. The average molecular weight is 243 g/mol. The van der Waals surface area contributed by atoms with E-state index in [1.807, 2.05) is 6.92 Å². The number of nitrogens with two attached hydrogens (primary N) is 1. The average Bonchev–Trinajstić information content (AvgIpc) is 2.27. The molecule has 0 saturated heterocycles.